The van der Waals surface area contributed by atoms with Crippen LogP contribution in [0.25, 0.3) is 22.3 Å². The Morgan fingerprint density at radius 1 is 1.00 bits per heavy atom. The predicted molar refractivity (Wildman–Crippen MR) is 118 cm³/mol. The highest BCUT2D eigenvalue weighted by Crippen LogP contribution is 2.29. The molecule has 1 atom stereocenters. The van der Waals surface area contributed by atoms with Crippen molar-refractivity contribution in [3.05, 3.63) is 78.8 Å². The number of para-hydroxylation sites is 1. The standard InChI is InChI=1S/C25H22N2O4/c28-24(19-6-3-13-27(16-19)25(29)22-8-4-14-30-22)26-20-11-9-17(10-12-20)23-15-18-5-1-2-7-21(18)31-23/h1-2,4-5,7-12,14-15,19H,3,6,13,16H2,(H,26,28)/t19-/m0/s1. The molecule has 6 heteroatoms. The number of furan rings is 2. The SMILES string of the molecule is O=C(Nc1ccc(-c2cc3ccccc3o2)cc1)[C@H]1CCCN(C(=O)c2ccco2)C1. The maximum atomic E-state index is 12.8. The van der Waals surface area contributed by atoms with Gasteiger partial charge in [-0.1, -0.05) is 18.2 Å². The predicted octanol–water partition coefficient (Wildman–Crippen LogP) is 5.18. The van der Waals surface area contributed by atoms with Crippen molar-refractivity contribution in [2.75, 3.05) is 18.4 Å². The number of carbonyl (C=O) groups excluding carboxylic acids is 2. The minimum atomic E-state index is -0.247. The number of hydrogen-bond acceptors (Lipinski definition) is 4. The smallest absolute Gasteiger partial charge is 0.289 e. The Kier molecular flexibility index (Phi) is 5.04. The quantitative estimate of drug-likeness (QED) is 0.499. The fourth-order valence-corrected chi connectivity index (χ4v) is 4.02. The van der Waals surface area contributed by atoms with E-state index in [1.54, 1.807) is 17.0 Å². The fraction of sp³-hybridized carbons (Fsp3) is 0.200. The molecule has 0 bridgehead atoms. The molecule has 5 rings (SSSR count). The highest BCUT2D eigenvalue weighted by Gasteiger charge is 2.29. The highest BCUT2D eigenvalue weighted by atomic mass is 16.3. The van der Waals surface area contributed by atoms with Gasteiger partial charge < -0.3 is 19.1 Å². The van der Waals surface area contributed by atoms with Crippen molar-refractivity contribution in [2.45, 2.75) is 12.8 Å². The first-order valence-corrected chi connectivity index (χ1v) is 10.4. The largest absolute Gasteiger partial charge is 0.459 e. The summed E-state index contributed by atoms with van der Waals surface area (Å²) in [6.07, 6.45) is 3.02. The van der Waals surface area contributed by atoms with E-state index in [4.69, 9.17) is 8.83 Å². The third-order valence-corrected chi connectivity index (χ3v) is 5.67. The molecule has 156 valence electrons. The van der Waals surface area contributed by atoms with E-state index < -0.39 is 0 Å². The number of likely N-dealkylation sites (tertiary alicyclic amines) is 1. The van der Waals surface area contributed by atoms with E-state index in [1.807, 2.05) is 54.6 Å². The van der Waals surface area contributed by atoms with Crippen LogP contribution in [-0.4, -0.2) is 29.8 Å². The molecule has 1 N–H and O–H groups in total. The maximum Gasteiger partial charge on any atom is 0.289 e. The highest BCUT2D eigenvalue weighted by molar-refractivity contribution is 5.95. The van der Waals surface area contributed by atoms with Crippen molar-refractivity contribution in [3.8, 4) is 11.3 Å². The number of carbonyl (C=O) groups is 2. The van der Waals surface area contributed by atoms with Crippen LogP contribution in [-0.2, 0) is 4.79 Å². The van der Waals surface area contributed by atoms with Gasteiger partial charge in [-0.3, -0.25) is 9.59 Å². The number of benzene rings is 2. The molecule has 0 radical (unpaired) electrons. The molecule has 0 saturated carbocycles. The Morgan fingerprint density at radius 3 is 2.61 bits per heavy atom. The summed E-state index contributed by atoms with van der Waals surface area (Å²) >= 11 is 0. The summed E-state index contributed by atoms with van der Waals surface area (Å²) in [7, 11) is 0. The Labute approximate surface area is 179 Å². The van der Waals surface area contributed by atoms with Crippen molar-refractivity contribution < 1.29 is 18.4 Å². The summed E-state index contributed by atoms with van der Waals surface area (Å²) in [5.74, 6) is 0.606. The molecule has 2 amide bonds. The monoisotopic (exact) mass is 414 g/mol. The fourth-order valence-electron chi connectivity index (χ4n) is 4.02. The molecule has 0 unspecified atom stereocenters. The summed E-state index contributed by atoms with van der Waals surface area (Å²) in [5.41, 5.74) is 2.52. The van der Waals surface area contributed by atoms with Gasteiger partial charge in [-0.2, -0.15) is 0 Å². The zero-order chi connectivity index (χ0) is 21.2. The van der Waals surface area contributed by atoms with E-state index in [2.05, 4.69) is 5.32 Å². The molecule has 2 aromatic carbocycles. The molecule has 0 spiro atoms. The molecule has 1 saturated heterocycles. The molecule has 6 nitrogen and oxygen atoms in total. The van der Waals surface area contributed by atoms with E-state index in [-0.39, 0.29) is 17.7 Å². The Bertz CT molecular complexity index is 1180. The first kappa shape index (κ1) is 19.2. The van der Waals surface area contributed by atoms with Gasteiger partial charge in [-0.25, -0.2) is 0 Å². The number of anilines is 1. The number of nitrogens with zero attached hydrogens (tertiary/aromatic N) is 1. The van der Waals surface area contributed by atoms with Crippen molar-refractivity contribution in [1.82, 2.24) is 4.90 Å². The van der Waals surface area contributed by atoms with Crippen LogP contribution in [0, 0.1) is 5.92 Å². The van der Waals surface area contributed by atoms with Crippen LogP contribution in [0.3, 0.4) is 0 Å². The third kappa shape index (κ3) is 3.97. The molecular formula is C25H22N2O4. The minimum absolute atomic E-state index is 0.0755. The van der Waals surface area contributed by atoms with E-state index in [0.29, 0.717) is 18.8 Å². The summed E-state index contributed by atoms with van der Waals surface area (Å²) in [5, 5.41) is 4.04. The van der Waals surface area contributed by atoms with Crippen molar-refractivity contribution in [3.63, 3.8) is 0 Å². The van der Waals surface area contributed by atoms with Gasteiger partial charge in [0.05, 0.1) is 12.2 Å². The molecule has 31 heavy (non-hydrogen) atoms. The molecule has 0 aliphatic carbocycles. The number of piperidine rings is 1. The Hall–Kier alpha value is -3.80. The number of nitrogens with one attached hydrogen (secondary N) is 1. The van der Waals surface area contributed by atoms with E-state index >= 15 is 0 Å². The van der Waals surface area contributed by atoms with Crippen molar-refractivity contribution >= 4 is 28.5 Å². The van der Waals surface area contributed by atoms with E-state index in [0.717, 1.165) is 40.8 Å². The molecule has 1 aliphatic heterocycles. The lowest BCUT2D eigenvalue weighted by Crippen LogP contribution is -2.43. The lowest BCUT2D eigenvalue weighted by molar-refractivity contribution is -0.121. The van der Waals surface area contributed by atoms with Gasteiger partial charge in [-0.15, -0.1) is 0 Å². The molecule has 3 heterocycles. The van der Waals surface area contributed by atoms with Crippen LogP contribution in [0.1, 0.15) is 23.4 Å². The topological polar surface area (TPSA) is 75.7 Å². The second-order valence-corrected chi connectivity index (χ2v) is 7.78. The van der Waals surface area contributed by atoms with Gasteiger partial charge in [-0.05, 0) is 61.4 Å². The van der Waals surface area contributed by atoms with Crippen LogP contribution < -0.4 is 5.32 Å². The number of amides is 2. The minimum Gasteiger partial charge on any atom is -0.459 e. The average Bonchev–Trinajstić information content (AvgIpc) is 3.49. The second kappa shape index (κ2) is 8.14. The maximum absolute atomic E-state index is 12.8. The van der Waals surface area contributed by atoms with Gasteiger partial charge in [0.15, 0.2) is 5.76 Å². The van der Waals surface area contributed by atoms with Gasteiger partial charge in [0, 0.05) is 29.7 Å². The molecular weight excluding hydrogens is 392 g/mol. The Morgan fingerprint density at radius 2 is 1.84 bits per heavy atom. The van der Waals surface area contributed by atoms with Crippen LogP contribution in [0.5, 0.6) is 0 Å². The van der Waals surface area contributed by atoms with Crippen LogP contribution in [0.2, 0.25) is 0 Å². The number of rotatable bonds is 4. The average molecular weight is 414 g/mol. The normalized spacial score (nSPS) is 16.4. The number of hydrogen-bond donors (Lipinski definition) is 1. The van der Waals surface area contributed by atoms with Crippen LogP contribution in [0.15, 0.2) is 81.8 Å². The number of fused-ring (bicyclic) bond motifs is 1. The third-order valence-electron chi connectivity index (χ3n) is 5.67. The summed E-state index contributed by atoms with van der Waals surface area (Å²) in [6, 6.07) is 20.8. The van der Waals surface area contributed by atoms with Gasteiger partial charge in [0.25, 0.3) is 5.91 Å². The van der Waals surface area contributed by atoms with E-state index in [1.165, 1.54) is 6.26 Å². The van der Waals surface area contributed by atoms with Gasteiger partial charge >= 0.3 is 0 Å². The first-order chi connectivity index (χ1) is 15.2. The Balaban J connectivity index is 1.24. The van der Waals surface area contributed by atoms with Crippen LogP contribution >= 0.6 is 0 Å². The first-order valence-electron chi connectivity index (χ1n) is 10.4. The summed E-state index contributed by atoms with van der Waals surface area (Å²) in [6.45, 7) is 1.03. The molecule has 2 aromatic heterocycles. The lowest BCUT2D eigenvalue weighted by atomic mass is 9.96. The molecule has 1 aliphatic rings. The molecule has 4 aromatic rings. The second-order valence-electron chi connectivity index (χ2n) is 7.78. The van der Waals surface area contributed by atoms with Crippen molar-refractivity contribution in [1.29, 1.82) is 0 Å². The van der Waals surface area contributed by atoms with Crippen molar-refractivity contribution in [2.24, 2.45) is 5.92 Å². The summed E-state index contributed by atoms with van der Waals surface area (Å²) in [4.78, 5) is 27.0. The van der Waals surface area contributed by atoms with Crippen LogP contribution in [0.4, 0.5) is 5.69 Å². The van der Waals surface area contributed by atoms with Gasteiger partial charge in [0.2, 0.25) is 5.91 Å². The molecule has 1 fully saturated rings. The zero-order valence-electron chi connectivity index (χ0n) is 16.9. The lowest BCUT2D eigenvalue weighted by Gasteiger charge is -2.31. The summed E-state index contributed by atoms with van der Waals surface area (Å²) < 4.78 is 11.1. The van der Waals surface area contributed by atoms with Gasteiger partial charge in [0.1, 0.15) is 11.3 Å². The zero-order valence-corrected chi connectivity index (χ0v) is 16.9. The van der Waals surface area contributed by atoms with E-state index in [9.17, 15) is 9.59 Å².